The molecule has 16 heavy (non-hydrogen) atoms. The van der Waals surface area contributed by atoms with Crippen LogP contribution in [0.5, 0.6) is 0 Å². The highest BCUT2D eigenvalue weighted by molar-refractivity contribution is 5.71. The van der Waals surface area contributed by atoms with Gasteiger partial charge in [0.15, 0.2) is 6.29 Å². The Morgan fingerprint density at radius 2 is 1.62 bits per heavy atom. The molecule has 8 nitrogen and oxygen atoms in total. The molecule has 8 heteroatoms. The van der Waals surface area contributed by atoms with Crippen molar-refractivity contribution in [3.8, 4) is 0 Å². The molecule has 0 aliphatic heterocycles. The Hall–Kier alpha value is -1.06. The standard InChI is InChI=1S/C5H10O5.C3H6O3/c6-1-3(8)5(10)4(9)2-7;1-2(4)3(5)6/h1,3-5,7-10H,2H2;2,4H,1H3,(H,5,6)/t3-,4+,5+;/m0./s1. The Labute approximate surface area is 91.4 Å². The normalized spacial score (nSPS) is 17.4. The van der Waals surface area contributed by atoms with Gasteiger partial charge in [-0.25, -0.2) is 4.79 Å². The number of aliphatic carboxylic acids is 1. The number of hydrogen-bond acceptors (Lipinski definition) is 7. The lowest BCUT2D eigenvalue weighted by Crippen LogP contribution is -2.40. The zero-order chi connectivity index (χ0) is 13.3. The van der Waals surface area contributed by atoms with E-state index in [9.17, 15) is 9.59 Å². The van der Waals surface area contributed by atoms with Crippen molar-refractivity contribution in [1.82, 2.24) is 0 Å². The summed E-state index contributed by atoms with van der Waals surface area (Å²) >= 11 is 0. The van der Waals surface area contributed by atoms with Gasteiger partial charge in [0.25, 0.3) is 0 Å². The fourth-order valence-electron chi connectivity index (χ4n) is 0.416. The molecule has 0 amide bonds. The molecule has 0 aromatic heterocycles. The van der Waals surface area contributed by atoms with E-state index < -0.39 is 37.0 Å². The summed E-state index contributed by atoms with van der Waals surface area (Å²) in [5, 5.41) is 49.8. The molecule has 0 spiro atoms. The van der Waals surface area contributed by atoms with E-state index in [2.05, 4.69) is 0 Å². The summed E-state index contributed by atoms with van der Waals surface area (Å²) in [5.74, 6) is -1.19. The van der Waals surface area contributed by atoms with Crippen LogP contribution < -0.4 is 0 Å². The van der Waals surface area contributed by atoms with Crippen LogP contribution in [-0.4, -0.2) is 73.9 Å². The summed E-state index contributed by atoms with van der Waals surface area (Å²) in [4.78, 5) is 19.2. The molecule has 6 N–H and O–H groups in total. The third-order valence-electron chi connectivity index (χ3n) is 1.43. The topological polar surface area (TPSA) is 156 Å². The minimum Gasteiger partial charge on any atom is -0.479 e. The number of carbonyl (C=O) groups excluding carboxylic acids is 1. The van der Waals surface area contributed by atoms with E-state index in [0.29, 0.717) is 0 Å². The van der Waals surface area contributed by atoms with Crippen molar-refractivity contribution in [1.29, 1.82) is 0 Å². The van der Waals surface area contributed by atoms with E-state index >= 15 is 0 Å². The highest BCUT2D eigenvalue weighted by Crippen LogP contribution is 1.96. The van der Waals surface area contributed by atoms with Gasteiger partial charge in [0.2, 0.25) is 0 Å². The average molecular weight is 240 g/mol. The third kappa shape index (κ3) is 8.26. The number of aliphatic hydroxyl groups is 5. The fourth-order valence-corrected chi connectivity index (χ4v) is 0.416. The highest BCUT2D eigenvalue weighted by atomic mass is 16.4. The maximum absolute atomic E-state index is 9.76. The molecule has 0 fully saturated rings. The zero-order valence-corrected chi connectivity index (χ0v) is 8.59. The van der Waals surface area contributed by atoms with Crippen LogP contribution in [0.3, 0.4) is 0 Å². The predicted molar refractivity (Wildman–Crippen MR) is 50.5 cm³/mol. The number of aliphatic hydroxyl groups excluding tert-OH is 5. The first-order chi connectivity index (χ1) is 7.27. The van der Waals surface area contributed by atoms with Crippen molar-refractivity contribution in [2.75, 3.05) is 6.61 Å². The number of hydrogen-bond donors (Lipinski definition) is 6. The van der Waals surface area contributed by atoms with Crippen molar-refractivity contribution in [3.05, 3.63) is 0 Å². The molecule has 4 atom stereocenters. The number of aldehydes is 1. The molecule has 0 saturated heterocycles. The molecule has 0 aliphatic carbocycles. The van der Waals surface area contributed by atoms with Gasteiger partial charge in [-0.05, 0) is 6.92 Å². The molecule has 0 rings (SSSR count). The van der Waals surface area contributed by atoms with Crippen LogP contribution in [0.2, 0.25) is 0 Å². The van der Waals surface area contributed by atoms with Gasteiger partial charge in [-0.3, -0.25) is 0 Å². The second-order valence-corrected chi connectivity index (χ2v) is 2.88. The van der Waals surface area contributed by atoms with Gasteiger partial charge in [-0.1, -0.05) is 0 Å². The summed E-state index contributed by atoms with van der Waals surface area (Å²) in [6.45, 7) is 0.508. The molecule has 96 valence electrons. The summed E-state index contributed by atoms with van der Waals surface area (Å²) in [6, 6.07) is 0. The smallest absolute Gasteiger partial charge is 0.332 e. The lowest BCUT2D eigenvalue weighted by Gasteiger charge is -2.16. The lowest BCUT2D eigenvalue weighted by molar-refractivity contribution is -0.145. The average Bonchev–Trinajstić information content (AvgIpc) is 2.26. The van der Waals surface area contributed by atoms with Gasteiger partial charge in [0, 0.05) is 0 Å². The maximum Gasteiger partial charge on any atom is 0.332 e. The fraction of sp³-hybridized carbons (Fsp3) is 0.750. The first kappa shape index (κ1) is 17.3. The van der Waals surface area contributed by atoms with Crippen LogP contribution >= 0.6 is 0 Å². The van der Waals surface area contributed by atoms with E-state index in [1.165, 1.54) is 6.92 Å². The van der Waals surface area contributed by atoms with E-state index in [-0.39, 0.29) is 6.29 Å². The van der Waals surface area contributed by atoms with Crippen LogP contribution in [0.1, 0.15) is 6.92 Å². The van der Waals surface area contributed by atoms with Crippen molar-refractivity contribution >= 4 is 12.3 Å². The number of carboxylic acids is 1. The summed E-state index contributed by atoms with van der Waals surface area (Å²) in [5.41, 5.74) is 0. The molecule has 0 heterocycles. The van der Waals surface area contributed by atoms with Gasteiger partial charge in [-0.15, -0.1) is 0 Å². The van der Waals surface area contributed by atoms with Gasteiger partial charge in [-0.2, -0.15) is 0 Å². The highest BCUT2D eigenvalue weighted by Gasteiger charge is 2.22. The second kappa shape index (κ2) is 9.19. The van der Waals surface area contributed by atoms with Gasteiger partial charge in [0.1, 0.15) is 24.4 Å². The van der Waals surface area contributed by atoms with Gasteiger partial charge in [0.05, 0.1) is 6.61 Å². The Morgan fingerprint density at radius 1 is 1.25 bits per heavy atom. The van der Waals surface area contributed by atoms with Crippen molar-refractivity contribution in [3.63, 3.8) is 0 Å². The number of rotatable bonds is 5. The predicted octanol–water partition coefficient (Wildman–Crippen LogP) is -3.29. The molecule has 0 aromatic rings. The number of carboxylic acid groups (broad SMARTS) is 1. The Balaban J connectivity index is 0. The molecular weight excluding hydrogens is 224 g/mol. The van der Waals surface area contributed by atoms with Crippen LogP contribution in [0.4, 0.5) is 0 Å². The summed E-state index contributed by atoms with van der Waals surface area (Å²) in [6.07, 6.45) is -5.86. The Morgan fingerprint density at radius 3 is 1.81 bits per heavy atom. The second-order valence-electron chi connectivity index (χ2n) is 2.88. The first-order valence-electron chi connectivity index (χ1n) is 4.29. The van der Waals surface area contributed by atoms with Gasteiger partial charge < -0.3 is 35.4 Å². The lowest BCUT2D eigenvalue weighted by atomic mass is 10.1. The quantitative estimate of drug-likeness (QED) is 0.273. The van der Waals surface area contributed by atoms with Gasteiger partial charge >= 0.3 is 5.97 Å². The van der Waals surface area contributed by atoms with E-state index in [4.69, 9.17) is 30.6 Å². The molecule has 0 saturated carbocycles. The van der Waals surface area contributed by atoms with Crippen molar-refractivity contribution in [2.45, 2.75) is 31.3 Å². The van der Waals surface area contributed by atoms with E-state index in [0.717, 1.165) is 0 Å². The molecule has 0 aromatic carbocycles. The minimum atomic E-state index is -1.64. The number of carbonyl (C=O) groups is 2. The first-order valence-corrected chi connectivity index (χ1v) is 4.29. The van der Waals surface area contributed by atoms with Crippen LogP contribution in [0, 0.1) is 0 Å². The summed E-state index contributed by atoms with van der Waals surface area (Å²) < 4.78 is 0. The largest absolute Gasteiger partial charge is 0.479 e. The third-order valence-corrected chi connectivity index (χ3v) is 1.43. The van der Waals surface area contributed by atoms with E-state index in [1.807, 2.05) is 0 Å². The summed E-state index contributed by atoms with van der Waals surface area (Å²) in [7, 11) is 0. The minimum absolute atomic E-state index is 0.0869. The Bertz CT molecular complexity index is 204. The Kier molecular flexibility index (Phi) is 9.96. The SMILES string of the molecule is CC(O)C(=O)O.O=C[C@H](O)[C@@H](O)[C@H](O)CO. The van der Waals surface area contributed by atoms with Crippen molar-refractivity contribution in [2.24, 2.45) is 0 Å². The van der Waals surface area contributed by atoms with E-state index in [1.54, 1.807) is 0 Å². The molecule has 1 unspecified atom stereocenters. The van der Waals surface area contributed by atoms with Crippen LogP contribution in [-0.2, 0) is 9.59 Å². The molecule has 0 bridgehead atoms. The molecule has 0 aliphatic rings. The molecular formula is C8H16O8. The van der Waals surface area contributed by atoms with Crippen LogP contribution in [0.15, 0.2) is 0 Å². The zero-order valence-electron chi connectivity index (χ0n) is 8.59. The van der Waals surface area contributed by atoms with Crippen LogP contribution in [0.25, 0.3) is 0 Å². The maximum atomic E-state index is 9.76. The van der Waals surface area contributed by atoms with Crippen molar-refractivity contribution < 1.29 is 40.2 Å². The monoisotopic (exact) mass is 240 g/mol. The molecule has 0 radical (unpaired) electrons.